The maximum atomic E-state index is 12.3. The van der Waals surface area contributed by atoms with Gasteiger partial charge in [0.2, 0.25) is 5.91 Å². The van der Waals surface area contributed by atoms with Crippen LogP contribution in [-0.4, -0.2) is 31.7 Å². The Hall–Kier alpha value is -4.13. The maximum absolute atomic E-state index is 12.3. The van der Waals surface area contributed by atoms with Gasteiger partial charge >= 0.3 is 0 Å². The Morgan fingerprint density at radius 3 is 2.19 bits per heavy atom. The fraction of sp³-hybridized carbons (Fsp3) is 0.160. The highest BCUT2D eigenvalue weighted by atomic mass is 16.5. The van der Waals surface area contributed by atoms with E-state index in [-0.39, 0.29) is 18.2 Å². The Morgan fingerprint density at radius 2 is 1.53 bits per heavy atom. The number of nitrogens with zero attached hydrogens (tertiary/aromatic N) is 1. The molecule has 164 valence electrons. The minimum atomic E-state index is -0.247. The molecule has 0 radical (unpaired) electrons. The SMILES string of the molecule is COc1ccc(CC(=O)N/N=C(/C)c2ccc(NC(=O)c3ccccc3)cc2)cc1OC. The predicted molar refractivity (Wildman–Crippen MR) is 124 cm³/mol. The summed E-state index contributed by atoms with van der Waals surface area (Å²) in [6.45, 7) is 1.80. The molecule has 3 aromatic rings. The molecule has 3 rings (SSSR count). The van der Waals surface area contributed by atoms with E-state index in [2.05, 4.69) is 15.8 Å². The standard InChI is InChI=1S/C25H25N3O4/c1-17(27-28-24(29)16-18-9-14-22(31-2)23(15-18)32-3)19-10-12-21(13-11-19)26-25(30)20-7-5-4-6-8-20/h4-15H,16H2,1-3H3,(H,26,30)(H,28,29)/b27-17-. The van der Waals surface area contributed by atoms with Crippen molar-refractivity contribution < 1.29 is 19.1 Å². The minimum Gasteiger partial charge on any atom is -0.493 e. The fourth-order valence-electron chi connectivity index (χ4n) is 3.01. The summed E-state index contributed by atoms with van der Waals surface area (Å²) in [5.74, 6) is 0.750. The summed E-state index contributed by atoms with van der Waals surface area (Å²) in [7, 11) is 3.11. The smallest absolute Gasteiger partial charge is 0.255 e. The first-order valence-corrected chi connectivity index (χ1v) is 10.0. The quantitative estimate of drug-likeness (QED) is 0.416. The number of ether oxygens (including phenoxy) is 2. The number of hydrogen-bond acceptors (Lipinski definition) is 5. The monoisotopic (exact) mass is 431 g/mol. The third-order valence-corrected chi connectivity index (χ3v) is 4.76. The molecule has 0 saturated carbocycles. The summed E-state index contributed by atoms with van der Waals surface area (Å²) in [5.41, 5.74) is 6.09. The summed E-state index contributed by atoms with van der Waals surface area (Å²) >= 11 is 0. The molecule has 2 amide bonds. The molecule has 0 unspecified atom stereocenters. The van der Waals surface area contributed by atoms with Crippen LogP contribution in [0.25, 0.3) is 0 Å². The van der Waals surface area contributed by atoms with Crippen molar-refractivity contribution in [1.82, 2.24) is 5.43 Å². The lowest BCUT2D eigenvalue weighted by atomic mass is 10.1. The molecule has 0 aliphatic rings. The number of hydrazone groups is 1. The second-order valence-electron chi connectivity index (χ2n) is 7.00. The Labute approximate surface area is 187 Å². The molecule has 0 atom stereocenters. The Morgan fingerprint density at radius 1 is 0.844 bits per heavy atom. The maximum Gasteiger partial charge on any atom is 0.255 e. The van der Waals surface area contributed by atoms with Crippen molar-refractivity contribution in [2.45, 2.75) is 13.3 Å². The molecule has 0 bridgehead atoms. The van der Waals surface area contributed by atoms with Crippen molar-refractivity contribution in [2.75, 3.05) is 19.5 Å². The molecule has 0 saturated heterocycles. The number of amides is 2. The van der Waals surface area contributed by atoms with E-state index < -0.39 is 0 Å². The molecule has 0 aromatic heterocycles. The summed E-state index contributed by atoms with van der Waals surface area (Å²) in [4.78, 5) is 24.5. The zero-order chi connectivity index (χ0) is 22.9. The summed E-state index contributed by atoms with van der Waals surface area (Å²) in [6, 6.07) is 21.6. The molecule has 7 nitrogen and oxygen atoms in total. The van der Waals surface area contributed by atoms with Crippen molar-refractivity contribution >= 4 is 23.2 Å². The first kappa shape index (κ1) is 22.6. The molecule has 0 aliphatic heterocycles. The minimum absolute atomic E-state index is 0.154. The van der Waals surface area contributed by atoms with Crippen molar-refractivity contribution in [3.05, 3.63) is 89.5 Å². The van der Waals surface area contributed by atoms with Crippen molar-refractivity contribution in [3.63, 3.8) is 0 Å². The highest BCUT2D eigenvalue weighted by molar-refractivity contribution is 6.05. The topological polar surface area (TPSA) is 89.0 Å². The molecular formula is C25H25N3O4. The van der Waals surface area contributed by atoms with E-state index in [1.165, 1.54) is 0 Å². The van der Waals surface area contributed by atoms with Gasteiger partial charge in [0.1, 0.15) is 0 Å². The second-order valence-corrected chi connectivity index (χ2v) is 7.00. The van der Waals surface area contributed by atoms with Crippen LogP contribution in [-0.2, 0) is 11.2 Å². The molecule has 7 heteroatoms. The number of benzene rings is 3. The predicted octanol–water partition coefficient (Wildman–Crippen LogP) is 4.04. The van der Waals surface area contributed by atoms with E-state index in [0.29, 0.717) is 28.5 Å². The van der Waals surface area contributed by atoms with Crippen LogP contribution in [0.1, 0.15) is 28.4 Å². The van der Waals surface area contributed by atoms with Crippen LogP contribution < -0.4 is 20.2 Å². The number of anilines is 1. The fourth-order valence-corrected chi connectivity index (χ4v) is 3.01. The van der Waals surface area contributed by atoms with Crippen LogP contribution in [0.5, 0.6) is 11.5 Å². The molecule has 0 heterocycles. The van der Waals surface area contributed by atoms with Crippen LogP contribution in [0.3, 0.4) is 0 Å². The van der Waals surface area contributed by atoms with Gasteiger partial charge in [-0.3, -0.25) is 9.59 Å². The molecule has 0 fully saturated rings. The first-order valence-electron chi connectivity index (χ1n) is 10.0. The summed E-state index contributed by atoms with van der Waals surface area (Å²) < 4.78 is 10.5. The zero-order valence-corrected chi connectivity index (χ0v) is 18.2. The Bertz CT molecular complexity index is 1110. The van der Waals surface area contributed by atoms with Crippen molar-refractivity contribution in [2.24, 2.45) is 5.10 Å². The van der Waals surface area contributed by atoms with Gasteiger partial charge in [0.25, 0.3) is 5.91 Å². The number of carbonyl (C=O) groups excluding carboxylic acids is 2. The lowest BCUT2D eigenvalue weighted by molar-refractivity contribution is -0.120. The average molecular weight is 431 g/mol. The van der Waals surface area contributed by atoms with Gasteiger partial charge in [-0.15, -0.1) is 0 Å². The van der Waals surface area contributed by atoms with Gasteiger partial charge in [-0.1, -0.05) is 36.4 Å². The highest BCUT2D eigenvalue weighted by Crippen LogP contribution is 2.27. The van der Waals surface area contributed by atoms with Gasteiger partial charge in [0.15, 0.2) is 11.5 Å². The molecule has 2 N–H and O–H groups in total. The van der Waals surface area contributed by atoms with Gasteiger partial charge in [0.05, 0.1) is 26.4 Å². The third-order valence-electron chi connectivity index (χ3n) is 4.76. The second kappa shape index (κ2) is 10.8. The summed E-state index contributed by atoms with van der Waals surface area (Å²) in [5, 5.41) is 7.03. The Kier molecular flexibility index (Phi) is 7.59. The number of rotatable bonds is 8. The van der Waals surface area contributed by atoms with Gasteiger partial charge < -0.3 is 14.8 Å². The van der Waals surface area contributed by atoms with E-state index in [9.17, 15) is 9.59 Å². The number of carbonyl (C=O) groups is 2. The Balaban J connectivity index is 1.57. The van der Waals surface area contributed by atoms with E-state index in [4.69, 9.17) is 9.47 Å². The molecule has 32 heavy (non-hydrogen) atoms. The lowest BCUT2D eigenvalue weighted by Gasteiger charge is -2.09. The first-order chi connectivity index (χ1) is 15.5. The largest absolute Gasteiger partial charge is 0.493 e. The van der Waals surface area contributed by atoms with Gasteiger partial charge in [0, 0.05) is 11.3 Å². The van der Waals surface area contributed by atoms with Crippen LogP contribution in [0.15, 0.2) is 77.9 Å². The van der Waals surface area contributed by atoms with Crippen molar-refractivity contribution in [1.29, 1.82) is 0 Å². The highest BCUT2D eigenvalue weighted by Gasteiger charge is 2.09. The molecule has 3 aromatic carbocycles. The molecular weight excluding hydrogens is 406 g/mol. The molecule has 0 spiro atoms. The number of methoxy groups -OCH3 is 2. The van der Waals surface area contributed by atoms with Gasteiger partial charge in [-0.05, 0) is 54.4 Å². The lowest BCUT2D eigenvalue weighted by Crippen LogP contribution is -2.21. The molecule has 0 aliphatic carbocycles. The number of hydrogen-bond donors (Lipinski definition) is 2. The van der Waals surface area contributed by atoms with E-state index >= 15 is 0 Å². The van der Waals surface area contributed by atoms with Crippen LogP contribution in [0, 0.1) is 0 Å². The van der Waals surface area contributed by atoms with Crippen LogP contribution in [0.2, 0.25) is 0 Å². The normalized spacial score (nSPS) is 10.9. The van der Waals surface area contributed by atoms with Crippen LogP contribution in [0.4, 0.5) is 5.69 Å². The van der Waals surface area contributed by atoms with Crippen molar-refractivity contribution in [3.8, 4) is 11.5 Å². The van der Waals surface area contributed by atoms with Gasteiger partial charge in [-0.2, -0.15) is 5.10 Å². The van der Waals surface area contributed by atoms with Gasteiger partial charge in [-0.25, -0.2) is 5.43 Å². The zero-order valence-electron chi connectivity index (χ0n) is 18.2. The summed E-state index contributed by atoms with van der Waals surface area (Å²) in [6.07, 6.45) is 0.154. The third kappa shape index (κ3) is 5.95. The average Bonchev–Trinajstić information content (AvgIpc) is 2.83. The van der Waals surface area contributed by atoms with Crippen LogP contribution >= 0.6 is 0 Å². The van der Waals surface area contributed by atoms with E-state index in [1.54, 1.807) is 63.6 Å². The van der Waals surface area contributed by atoms with E-state index in [0.717, 1.165) is 11.1 Å². The number of nitrogens with one attached hydrogen (secondary N) is 2. The van der Waals surface area contributed by atoms with E-state index in [1.807, 2.05) is 30.3 Å².